The molecule has 0 saturated carbocycles. The molecule has 0 aliphatic rings. The van der Waals surface area contributed by atoms with E-state index >= 15 is 0 Å². The van der Waals surface area contributed by atoms with Gasteiger partial charge in [0.05, 0.1) is 31.3 Å². The highest BCUT2D eigenvalue weighted by molar-refractivity contribution is 5.76. The highest BCUT2D eigenvalue weighted by Crippen LogP contribution is 2.17. The van der Waals surface area contributed by atoms with Crippen molar-refractivity contribution in [3.63, 3.8) is 0 Å². The Morgan fingerprint density at radius 3 is 1.04 bits per heavy atom. The van der Waals surface area contributed by atoms with Crippen molar-refractivity contribution in [3.8, 4) is 0 Å². The quantitative estimate of drug-likeness (QED) is 0.0499. The molecule has 4 N–H and O–H groups in total. The summed E-state index contributed by atoms with van der Waals surface area (Å²) in [6.07, 6.45) is 40.7. The summed E-state index contributed by atoms with van der Waals surface area (Å²) in [6, 6.07) is -0.650. The number of carbonyl (C=O) groups excluding carboxylic acids is 1. The molecule has 0 fully saturated rings. The summed E-state index contributed by atoms with van der Waals surface area (Å²) in [7, 11) is 0. The van der Waals surface area contributed by atoms with Gasteiger partial charge in [-0.3, -0.25) is 4.79 Å². The third-order valence-corrected chi connectivity index (χ3v) is 9.92. The summed E-state index contributed by atoms with van der Waals surface area (Å²) >= 11 is 0. The first-order chi connectivity index (χ1) is 22.5. The average Bonchev–Trinajstić information content (AvgIpc) is 3.05. The lowest BCUT2D eigenvalue weighted by Gasteiger charge is -2.23. The Morgan fingerprint density at radius 2 is 0.739 bits per heavy atom. The van der Waals surface area contributed by atoms with Crippen LogP contribution >= 0.6 is 0 Å². The van der Waals surface area contributed by atoms with Gasteiger partial charge in [0.25, 0.3) is 0 Å². The van der Waals surface area contributed by atoms with Crippen molar-refractivity contribution in [2.75, 3.05) is 6.61 Å². The molecular formula is C41H83NO4. The Kier molecular flexibility index (Phi) is 36.6. The monoisotopic (exact) mass is 654 g/mol. The molecular weight excluding hydrogens is 570 g/mol. The normalized spacial score (nSPS) is 13.6. The third-order valence-electron chi connectivity index (χ3n) is 9.92. The maximum atomic E-state index is 12.4. The van der Waals surface area contributed by atoms with E-state index in [1.807, 2.05) is 0 Å². The smallest absolute Gasteiger partial charge is 0.222 e. The van der Waals surface area contributed by atoms with Gasteiger partial charge in [-0.25, -0.2) is 0 Å². The molecule has 3 unspecified atom stereocenters. The van der Waals surface area contributed by atoms with Gasteiger partial charge in [0.2, 0.25) is 5.91 Å². The van der Waals surface area contributed by atoms with Crippen molar-refractivity contribution in [2.45, 2.75) is 250 Å². The largest absolute Gasteiger partial charge is 0.394 e. The van der Waals surface area contributed by atoms with E-state index in [9.17, 15) is 20.1 Å². The number of amides is 1. The molecule has 0 radical (unpaired) electrons. The Hall–Kier alpha value is -0.650. The SMILES string of the molecule is CCCCCCCCCCCCCCCCCCCCCCC(O)CC(=O)NC(CO)C(O)CCCCCCCCCCCCC. The van der Waals surface area contributed by atoms with Crippen LogP contribution in [0.15, 0.2) is 0 Å². The summed E-state index contributed by atoms with van der Waals surface area (Å²) in [5, 5.41) is 33.3. The van der Waals surface area contributed by atoms with E-state index in [1.54, 1.807) is 0 Å². The number of nitrogens with one attached hydrogen (secondary N) is 1. The molecule has 0 aromatic rings. The van der Waals surface area contributed by atoms with Crippen molar-refractivity contribution < 1.29 is 20.1 Å². The lowest BCUT2D eigenvalue weighted by molar-refractivity contribution is -0.125. The zero-order chi connectivity index (χ0) is 33.8. The summed E-state index contributed by atoms with van der Waals surface area (Å²) in [5.41, 5.74) is 0. The van der Waals surface area contributed by atoms with E-state index in [-0.39, 0.29) is 18.9 Å². The summed E-state index contributed by atoms with van der Waals surface area (Å²) in [6.45, 7) is 4.26. The van der Waals surface area contributed by atoms with E-state index in [0.717, 1.165) is 25.7 Å². The second-order valence-corrected chi connectivity index (χ2v) is 14.6. The van der Waals surface area contributed by atoms with Gasteiger partial charge >= 0.3 is 0 Å². The van der Waals surface area contributed by atoms with E-state index in [2.05, 4.69) is 19.2 Å². The highest BCUT2D eigenvalue weighted by Gasteiger charge is 2.21. The fraction of sp³-hybridized carbons (Fsp3) is 0.976. The molecule has 0 aromatic heterocycles. The first-order valence-corrected chi connectivity index (χ1v) is 20.8. The number of carbonyl (C=O) groups is 1. The lowest BCUT2D eigenvalue weighted by Crippen LogP contribution is -2.46. The number of aliphatic hydroxyl groups is 3. The molecule has 1 amide bonds. The average molecular weight is 654 g/mol. The molecule has 5 heteroatoms. The Morgan fingerprint density at radius 1 is 0.457 bits per heavy atom. The van der Waals surface area contributed by atoms with Crippen molar-refractivity contribution >= 4 is 5.91 Å². The number of hydrogen-bond donors (Lipinski definition) is 4. The van der Waals surface area contributed by atoms with E-state index in [0.29, 0.717) is 12.8 Å². The molecule has 46 heavy (non-hydrogen) atoms. The zero-order valence-corrected chi connectivity index (χ0v) is 31.2. The van der Waals surface area contributed by atoms with Crippen molar-refractivity contribution in [1.82, 2.24) is 5.32 Å². The molecule has 3 atom stereocenters. The van der Waals surface area contributed by atoms with Gasteiger partial charge in [0.1, 0.15) is 0 Å². The summed E-state index contributed by atoms with van der Waals surface area (Å²) in [4.78, 5) is 12.4. The summed E-state index contributed by atoms with van der Waals surface area (Å²) in [5.74, 6) is -0.280. The fourth-order valence-corrected chi connectivity index (χ4v) is 6.70. The molecule has 5 nitrogen and oxygen atoms in total. The van der Waals surface area contributed by atoms with Crippen molar-refractivity contribution in [1.29, 1.82) is 0 Å². The molecule has 0 spiro atoms. The van der Waals surface area contributed by atoms with E-state index in [1.165, 1.54) is 173 Å². The third kappa shape index (κ3) is 33.3. The Bertz CT molecular complexity index is 601. The molecule has 0 saturated heterocycles. The van der Waals surface area contributed by atoms with Crippen molar-refractivity contribution in [3.05, 3.63) is 0 Å². The molecule has 0 aliphatic heterocycles. The zero-order valence-electron chi connectivity index (χ0n) is 31.2. The van der Waals surface area contributed by atoms with Gasteiger partial charge in [0, 0.05) is 0 Å². The van der Waals surface area contributed by atoms with Gasteiger partial charge < -0.3 is 20.6 Å². The van der Waals surface area contributed by atoms with Crippen LogP contribution in [0.3, 0.4) is 0 Å². The molecule has 0 rings (SSSR count). The van der Waals surface area contributed by atoms with Crippen LogP contribution in [0.4, 0.5) is 0 Å². The van der Waals surface area contributed by atoms with Gasteiger partial charge in [-0.15, -0.1) is 0 Å². The second-order valence-electron chi connectivity index (χ2n) is 14.6. The first kappa shape index (κ1) is 45.3. The van der Waals surface area contributed by atoms with Crippen LogP contribution < -0.4 is 5.32 Å². The van der Waals surface area contributed by atoms with Crippen LogP contribution in [0.1, 0.15) is 232 Å². The number of aliphatic hydroxyl groups excluding tert-OH is 3. The number of unbranched alkanes of at least 4 members (excludes halogenated alkanes) is 29. The lowest BCUT2D eigenvalue weighted by atomic mass is 10.0. The Labute approximate surface area is 287 Å². The minimum absolute atomic E-state index is 0.0424. The summed E-state index contributed by atoms with van der Waals surface area (Å²) < 4.78 is 0. The van der Waals surface area contributed by atoms with Gasteiger partial charge in [-0.2, -0.15) is 0 Å². The fourth-order valence-electron chi connectivity index (χ4n) is 6.70. The number of rotatable bonds is 38. The minimum atomic E-state index is -0.741. The van der Waals surface area contributed by atoms with Crippen LogP contribution in [0.25, 0.3) is 0 Å². The predicted octanol–water partition coefficient (Wildman–Crippen LogP) is 11.5. The van der Waals surface area contributed by atoms with Gasteiger partial charge in [0.15, 0.2) is 0 Å². The topological polar surface area (TPSA) is 89.8 Å². The van der Waals surface area contributed by atoms with Gasteiger partial charge in [-0.05, 0) is 12.8 Å². The predicted molar refractivity (Wildman–Crippen MR) is 199 cm³/mol. The molecule has 0 aromatic carbocycles. The van der Waals surface area contributed by atoms with Crippen LogP contribution in [-0.2, 0) is 4.79 Å². The van der Waals surface area contributed by atoms with Gasteiger partial charge in [-0.1, -0.05) is 213 Å². The first-order valence-electron chi connectivity index (χ1n) is 20.8. The Balaban J connectivity index is 3.56. The van der Waals surface area contributed by atoms with Crippen LogP contribution in [-0.4, -0.2) is 46.1 Å². The van der Waals surface area contributed by atoms with E-state index < -0.39 is 18.2 Å². The minimum Gasteiger partial charge on any atom is -0.394 e. The maximum absolute atomic E-state index is 12.4. The highest BCUT2D eigenvalue weighted by atomic mass is 16.3. The van der Waals surface area contributed by atoms with Crippen LogP contribution in [0.2, 0.25) is 0 Å². The maximum Gasteiger partial charge on any atom is 0.222 e. The van der Waals surface area contributed by atoms with Crippen molar-refractivity contribution in [2.24, 2.45) is 0 Å². The van der Waals surface area contributed by atoms with Crippen LogP contribution in [0, 0.1) is 0 Å². The standard InChI is InChI=1S/C41H83NO4/c1-3-5-7-9-11-13-15-16-17-18-19-20-21-22-23-25-26-28-30-32-34-38(44)36-41(46)42-39(37-43)40(45)35-33-31-29-27-24-14-12-10-8-6-4-2/h38-40,43-45H,3-37H2,1-2H3,(H,42,46). The molecule has 0 heterocycles. The number of hydrogen-bond acceptors (Lipinski definition) is 4. The second kappa shape index (κ2) is 37.2. The molecule has 0 bridgehead atoms. The van der Waals surface area contributed by atoms with E-state index in [4.69, 9.17) is 0 Å². The molecule has 276 valence electrons. The van der Waals surface area contributed by atoms with Crippen LogP contribution in [0.5, 0.6) is 0 Å². The molecule has 0 aliphatic carbocycles.